The van der Waals surface area contributed by atoms with Gasteiger partial charge in [0.25, 0.3) is 0 Å². The fourth-order valence-electron chi connectivity index (χ4n) is 3.89. The third-order valence-corrected chi connectivity index (χ3v) is 5.50. The minimum Gasteiger partial charge on any atom is -0.298 e. The maximum Gasteiger partial charge on any atom is 0.435 e. The van der Waals surface area contributed by atoms with E-state index in [0.29, 0.717) is 30.3 Å². The number of hydrogen-bond acceptors (Lipinski definition) is 4. The molecule has 3 aromatic heterocycles. The summed E-state index contributed by atoms with van der Waals surface area (Å²) in [4.78, 5) is 22.1. The van der Waals surface area contributed by atoms with Gasteiger partial charge in [0.15, 0.2) is 17.2 Å². The lowest BCUT2D eigenvalue weighted by molar-refractivity contribution is -0.141. The van der Waals surface area contributed by atoms with Crippen LogP contribution in [0.4, 0.5) is 19.0 Å². The number of nitrogens with zero attached hydrogens (tertiary/aromatic N) is 6. The number of carbonyl (C=O) groups is 1. The summed E-state index contributed by atoms with van der Waals surface area (Å²) >= 11 is 0. The van der Waals surface area contributed by atoms with Gasteiger partial charge in [0.1, 0.15) is 5.82 Å². The van der Waals surface area contributed by atoms with E-state index in [1.807, 2.05) is 41.1 Å². The first-order valence-electron chi connectivity index (χ1n) is 10.4. The number of benzene rings is 1. The Morgan fingerprint density at radius 3 is 2.52 bits per heavy atom. The lowest BCUT2D eigenvalue weighted by Crippen LogP contribution is -2.23. The molecule has 0 bridgehead atoms. The number of aryl methyl sites for hydroxylation is 1. The van der Waals surface area contributed by atoms with Crippen LogP contribution in [0.3, 0.4) is 0 Å². The number of rotatable bonds is 4. The van der Waals surface area contributed by atoms with Gasteiger partial charge in [-0.2, -0.15) is 18.3 Å². The number of halogens is 3. The highest BCUT2D eigenvalue weighted by atomic mass is 19.4. The number of alkyl halides is 3. The molecule has 0 aliphatic carbocycles. The predicted molar refractivity (Wildman–Crippen MR) is 117 cm³/mol. The van der Waals surface area contributed by atoms with Crippen molar-refractivity contribution in [2.75, 3.05) is 11.4 Å². The molecule has 0 N–H and O–H groups in total. The largest absolute Gasteiger partial charge is 0.435 e. The third kappa shape index (κ3) is 3.88. The fraction of sp³-hybridized carbons (Fsp3) is 0.217. The maximum absolute atomic E-state index is 13.2. The van der Waals surface area contributed by atoms with Gasteiger partial charge < -0.3 is 0 Å². The lowest BCUT2D eigenvalue weighted by atomic mass is 10.3. The average Bonchev–Trinajstić information content (AvgIpc) is 3.49. The number of amides is 1. The molecule has 1 aliphatic rings. The molecule has 1 saturated heterocycles. The van der Waals surface area contributed by atoms with Crippen LogP contribution >= 0.6 is 0 Å². The van der Waals surface area contributed by atoms with E-state index >= 15 is 0 Å². The normalized spacial score (nSPS) is 14.8. The van der Waals surface area contributed by atoms with Crippen LogP contribution in [0, 0.1) is 6.92 Å². The molecule has 5 rings (SSSR count). The Morgan fingerprint density at radius 2 is 1.82 bits per heavy atom. The van der Waals surface area contributed by atoms with E-state index in [4.69, 9.17) is 0 Å². The first-order valence-corrected chi connectivity index (χ1v) is 10.4. The molecule has 0 atom stereocenters. The summed E-state index contributed by atoms with van der Waals surface area (Å²) in [5, 5.41) is 4.29. The molecular formula is C23H19F3N6O. The molecule has 10 heteroatoms. The molecule has 1 aliphatic heterocycles. The van der Waals surface area contributed by atoms with Gasteiger partial charge in [-0.3, -0.25) is 14.3 Å². The minimum atomic E-state index is -4.54. The topological polar surface area (TPSA) is 68.3 Å². The Kier molecular flexibility index (Phi) is 4.99. The highest BCUT2D eigenvalue weighted by Gasteiger charge is 2.36. The van der Waals surface area contributed by atoms with Crippen LogP contribution < -0.4 is 4.90 Å². The Hall–Kier alpha value is -3.95. The summed E-state index contributed by atoms with van der Waals surface area (Å²) in [6.45, 7) is 1.96. The van der Waals surface area contributed by atoms with E-state index in [-0.39, 0.29) is 17.2 Å². The second kappa shape index (κ2) is 7.88. The molecule has 4 aromatic rings. The minimum absolute atomic E-state index is 0.0337. The summed E-state index contributed by atoms with van der Waals surface area (Å²) in [5.74, 6) is 1.16. The van der Waals surface area contributed by atoms with Gasteiger partial charge in [-0.25, -0.2) is 14.5 Å². The van der Waals surface area contributed by atoms with E-state index in [1.165, 1.54) is 17.5 Å². The van der Waals surface area contributed by atoms with Gasteiger partial charge in [-0.05, 0) is 49.8 Å². The summed E-state index contributed by atoms with van der Waals surface area (Å²) in [7, 11) is 0. The van der Waals surface area contributed by atoms with Crippen molar-refractivity contribution in [1.29, 1.82) is 0 Å². The second-order valence-electron chi connectivity index (χ2n) is 7.72. The van der Waals surface area contributed by atoms with Crippen LogP contribution in [-0.2, 0) is 11.0 Å². The van der Waals surface area contributed by atoms with Gasteiger partial charge in [0, 0.05) is 18.7 Å². The summed E-state index contributed by atoms with van der Waals surface area (Å²) < 4.78 is 42.5. The van der Waals surface area contributed by atoms with Crippen LogP contribution in [0.1, 0.15) is 35.7 Å². The predicted octanol–water partition coefficient (Wildman–Crippen LogP) is 4.54. The van der Waals surface area contributed by atoms with E-state index < -0.39 is 11.9 Å². The highest BCUT2D eigenvalue weighted by molar-refractivity contribution is 5.94. The van der Waals surface area contributed by atoms with Crippen LogP contribution in [0.5, 0.6) is 0 Å². The van der Waals surface area contributed by atoms with Crippen molar-refractivity contribution in [1.82, 2.24) is 24.1 Å². The van der Waals surface area contributed by atoms with Gasteiger partial charge in [-0.1, -0.05) is 18.2 Å². The molecule has 0 unspecified atom stereocenters. The molecule has 33 heavy (non-hydrogen) atoms. The van der Waals surface area contributed by atoms with Crippen molar-refractivity contribution in [3.05, 3.63) is 71.6 Å². The van der Waals surface area contributed by atoms with Gasteiger partial charge in [-0.15, -0.1) is 0 Å². The SMILES string of the molecule is Cc1c(C(F)(F)F)nc2ccc(/C=C/c3nc(N4CCCC4=O)cn3-c3ccccc3)nn12. The Morgan fingerprint density at radius 1 is 1.03 bits per heavy atom. The lowest BCUT2D eigenvalue weighted by Gasteiger charge is -2.10. The van der Waals surface area contributed by atoms with E-state index in [1.54, 1.807) is 23.1 Å². The number of imidazole rings is 2. The Bertz CT molecular complexity index is 1370. The van der Waals surface area contributed by atoms with E-state index in [2.05, 4.69) is 15.1 Å². The number of hydrogen-bond donors (Lipinski definition) is 0. The quantitative estimate of drug-likeness (QED) is 0.456. The highest BCUT2D eigenvalue weighted by Crippen LogP contribution is 2.31. The molecule has 0 radical (unpaired) electrons. The van der Waals surface area contributed by atoms with Gasteiger partial charge >= 0.3 is 6.18 Å². The number of anilines is 1. The van der Waals surface area contributed by atoms with Crippen molar-refractivity contribution in [3.8, 4) is 5.69 Å². The first kappa shape index (κ1) is 20.9. The van der Waals surface area contributed by atoms with E-state index in [0.717, 1.165) is 12.1 Å². The van der Waals surface area contributed by atoms with Gasteiger partial charge in [0.05, 0.1) is 17.6 Å². The molecule has 4 heterocycles. The average molecular weight is 452 g/mol. The molecule has 1 amide bonds. The first-order chi connectivity index (χ1) is 15.8. The molecule has 0 saturated carbocycles. The third-order valence-electron chi connectivity index (χ3n) is 5.50. The molecule has 1 fully saturated rings. The van der Waals surface area contributed by atoms with Crippen molar-refractivity contribution < 1.29 is 18.0 Å². The van der Waals surface area contributed by atoms with Crippen molar-refractivity contribution in [3.63, 3.8) is 0 Å². The number of aromatic nitrogens is 5. The molecule has 168 valence electrons. The van der Waals surface area contributed by atoms with Gasteiger partial charge in [0.2, 0.25) is 5.91 Å². The zero-order valence-electron chi connectivity index (χ0n) is 17.6. The molecular weight excluding hydrogens is 433 g/mol. The standard InChI is InChI=1S/C23H19F3N6O/c1-15-22(23(24,25)26)28-19-12-10-16(29-32(15)19)9-11-18-27-20(30-13-5-8-21(30)33)14-31(18)17-6-3-2-4-7-17/h2-4,6-7,9-12,14H,5,8,13H2,1H3/b11-9+. The molecule has 1 aromatic carbocycles. The molecule has 0 spiro atoms. The van der Waals surface area contributed by atoms with Crippen LogP contribution in [0.25, 0.3) is 23.5 Å². The maximum atomic E-state index is 13.2. The summed E-state index contributed by atoms with van der Waals surface area (Å²) in [5.41, 5.74) is 0.408. The van der Waals surface area contributed by atoms with Crippen molar-refractivity contribution >= 4 is 29.5 Å². The fourth-order valence-corrected chi connectivity index (χ4v) is 3.89. The zero-order valence-corrected chi connectivity index (χ0v) is 17.6. The van der Waals surface area contributed by atoms with Crippen LogP contribution in [0.15, 0.2) is 48.7 Å². The zero-order chi connectivity index (χ0) is 23.2. The Labute approximate surface area is 186 Å². The van der Waals surface area contributed by atoms with E-state index in [9.17, 15) is 18.0 Å². The van der Waals surface area contributed by atoms with Crippen LogP contribution in [0.2, 0.25) is 0 Å². The van der Waals surface area contributed by atoms with Crippen molar-refractivity contribution in [2.24, 2.45) is 0 Å². The molecule has 7 nitrogen and oxygen atoms in total. The number of fused-ring (bicyclic) bond motifs is 1. The monoisotopic (exact) mass is 452 g/mol. The number of carbonyl (C=O) groups excluding carboxylic acids is 1. The van der Waals surface area contributed by atoms with Crippen molar-refractivity contribution in [2.45, 2.75) is 25.9 Å². The summed E-state index contributed by atoms with van der Waals surface area (Å²) in [6, 6.07) is 12.6. The number of para-hydroxylation sites is 1. The summed E-state index contributed by atoms with van der Waals surface area (Å²) in [6.07, 6.45) is 1.95. The Balaban J connectivity index is 1.53. The smallest absolute Gasteiger partial charge is 0.298 e. The second-order valence-corrected chi connectivity index (χ2v) is 7.72. The van der Waals surface area contributed by atoms with Crippen LogP contribution in [-0.4, -0.2) is 36.6 Å².